The normalized spacial score (nSPS) is 14.6. The van der Waals surface area contributed by atoms with Crippen LogP contribution in [-0.2, 0) is 14.3 Å². The van der Waals surface area contributed by atoms with Crippen molar-refractivity contribution in [2.24, 2.45) is 5.92 Å². The summed E-state index contributed by atoms with van der Waals surface area (Å²) in [4.78, 5) is 66.0. The van der Waals surface area contributed by atoms with Crippen LogP contribution in [0.4, 0.5) is 5.69 Å². The van der Waals surface area contributed by atoms with Gasteiger partial charge in [-0.2, -0.15) is 0 Å². The molecular formula is C32H23NO6. The molecule has 4 aromatic rings. The fraction of sp³-hybridized carbons (Fsp3) is 0.0938. The van der Waals surface area contributed by atoms with Crippen molar-refractivity contribution in [1.29, 1.82) is 0 Å². The summed E-state index contributed by atoms with van der Waals surface area (Å²) < 4.78 is 5.55. The van der Waals surface area contributed by atoms with E-state index in [1.165, 1.54) is 19.1 Å². The van der Waals surface area contributed by atoms with Crippen LogP contribution in [0.5, 0.6) is 0 Å². The summed E-state index contributed by atoms with van der Waals surface area (Å²) in [6.07, 6.45) is -1.30. The number of cyclic esters (lactones) is 1. The number of carbonyl (C=O) groups excluding carboxylic acids is 5. The zero-order valence-electron chi connectivity index (χ0n) is 20.9. The molecule has 39 heavy (non-hydrogen) atoms. The molecular weight excluding hydrogens is 494 g/mol. The van der Waals surface area contributed by atoms with Crippen LogP contribution in [0, 0.1) is 5.92 Å². The number of hydrogen-bond acceptors (Lipinski definition) is 6. The Morgan fingerprint density at radius 2 is 1.31 bits per heavy atom. The molecule has 2 atom stereocenters. The highest BCUT2D eigenvalue weighted by Gasteiger charge is 2.46. The maximum atomic E-state index is 14.2. The highest BCUT2D eigenvalue weighted by molar-refractivity contribution is 6.45. The van der Waals surface area contributed by atoms with Crippen molar-refractivity contribution in [2.45, 2.75) is 13.0 Å². The lowest BCUT2D eigenvalue weighted by Gasteiger charge is -2.22. The van der Waals surface area contributed by atoms with Gasteiger partial charge in [-0.3, -0.25) is 19.2 Å². The van der Waals surface area contributed by atoms with Gasteiger partial charge in [-0.15, -0.1) is 0 Å². The first kappa shape index (κ1) is 25.5. The number of esters is 1. The Morgan fingerprint density at radius 3 is 2.03 bits per heavy atom. The summed E-state index contributed by atoms with van der Waals surface area (Å²) in [6.45, 7) is 1.34. The van der Waals surface area contributed by atoms with E-state index in [4.69, 9.17) is 4.74 Å². The predicted molar refractivity (Wildman–Crippen MR) is 144 cm³/mol. The van der Waals surface area contributed by atoms with E-state index in [1.807, 2.05) is 30.3 Å². The molecule has 7 nitrogen and oxygen atoms in total. The molecule has 4 aromatic carbocycles. The van der Waals surface area contributed by atoms with E-state index in [0.717, 1.165) is 5.56 Å². The number of anilines is 1. The van der Waals surface area contributed by atoms with E-state index < -0.39 is 35.5 Å². The van der Waals surface area contributed by atoms with Crippen molar-refractivity contribution in [3.05, 3.63) is 125 Å². The highest BCUT2D eigenvalue weighted by Crippen LogP contribution is 2.39. The van der Waals surface area contributed by atoms with Crippen LogP contribution >= 0.6 is 0 Å². The molecule has 0 unspecified atom stereocenters. The number of para-hydroxylation sites is 1. The second-order valence-electron chi connectivity index (χ2n) is 9.09. The Kier molecular flexibility index (Phi) is 6.97. The van der Waals surface area contributed by atoms with Gasteiger partial charge in [0.15, 0.2) is 11.6 Å². The molecule has 1 amide bonds. The van der Waals surface area contributed by atoms with Gasteiger partial charge in [-0.25, -0.2) is 4.79 Å². The van der Waals surface area contributed by atoms with Crippen LogP contribution in [-0.4, -0.2) is 29.2 Å². The molecule has 0 bridgehead atoms. The molecule has 1 aliphatic heterocycles. The van der Waals surface area contributed by atoms with Gasteiger partial charge in [0, 0.05) is 16.7 Å². The average Bonchev–Trinajstić information content (AvgIpc) is 3.29. The first-order chi connectivity index (χ1) is 18.9. The second-order valence-corrected chi connectivity index (χ2v) is 9.09. The SMILES string of the molecule is CC(=O)c1ccccc1NC(=O)C(=O)[C@H](C(=O)c1ccccc1-c1ccccc1)[C@H]1OC(=O)c2ccccc21. The maximum absolute atomic E-state index is 14.2. The number of hydrogen-bond donors (Lipinski definition) is 1. The Balaban J connectivity index is 1.58. The molecule has 0 saturated heterocycles. The molecule has 1 heterocycles. The Bertz CT molecular complexity index is 1620. The monoisotopic (exact) mass is 517 g/mol. The predicted octanol–water partition coefficient (Wildman–Crippen LogP) is 5.47. The summed E-state index contributed by atoms with van der Waals surface area (Å²) in [5.74, 6) is -5.49. The molecule has 1 N–H and O–H groups in total. The van der Waals surface area contributed by atoms with E-state index in [0.29, 0.717) is 11.1 Å². The molecule has 5 rings (SSSR count). The molecule has 0 saturated carbocycles. The summed E-state index contributed by atoms with van der Waals surface area (Å²) in [7, 11) is 0. The van der Waals surface area contributed by atoms with E-state index in [2.05, 4.69) is 5.32 Å². The third kappa shape index (κ3) is 4.90. The van der Waals surface area contributed by atoms with Crippen LogP contribution < -0.4 is 5.32 Å². The minimum Gasteiger partial charge on any atom is -0.453 e. The van der Waals surface area contributed by atoms with E-state index >= 15 is 0 Å². The van der Waals surface area contributed by atoms with E-state index in [-0.39, 0.29) is 28.2 Å². The van der Waals surface area contributed by atoms with Crippen LogP contribution in [0.2, 0.25) is 0 Å². The lowest BCUT2D eigenvalue weighted by molar-refractivity contribution is -0.138. The van der Waals surface area contributed by atoms with Gasteiger partial charge in [0.2, 0.25) is 5.78 Å². The largest absolute Gasteiger partial charge is 0.453 e. The van der Waals surface area contributed by atoms with Gasteiger partial charge in [-0.05, 0) is 36.2 Å². The summed E-state index contributed by atoms with van der Waals surface area (Å²) in [5, 5.41) is 2.48. The molecule has 0 aliphatic carbocycles. The van der Waals surface area contributed by atoms with Gasteiger partial charge < -0.3 is 10.1 Å². The topological polar surface area (TPSA) is 107 Å². The number of fused-ring (bicyclic) bond motifs is 1. The van der Waals surface area contributed by atoms with Gasteiger partial charge in [-0.1, -0.05) is 84.9 Å². The third-order valence-corrected chi connectivity index (χ3v) is 6.64. The van der Waals surface area contributed by atoms with Gasteiger partial charge in [0.25, 0.3) is 5.91 Å². The summed E-state index contributed by atoms with van der Waals surface area (Å²) in [5.41, 5.74) is 2.46. The zero-order valence-corrected chi connectivity index (χ0v) is 20.9. The Hall–Kier alpha value is -5.17. The third-order valence-electron chi connectivity index (χ3n) is 6.64. The lowest BCUT2D eigenvalue weighted by atomic mass is 9.82. The number of benzene rings is 4. The fourth-order valence-corrected chi connectivity index (χ4v) is 4.77. The average molecular weight is 518 g/mol. The summed E-state index contributed by atoms with van der Waals surface area (Å²) >= 11 is 0. The van der Waals surface area contributed by atoms with Crippen molar-refractivity contribution in [3.8, 4) is 11.1 Å². The lowest BCUT2D eigenvalue weighted by Crippen LogP contribution is -2.38. The number of ketones is 3. The van der Waals surface area contributed by atoms with Crippen molar-refractivity contribution >= 4 is 34.9 Å². The quantitative estimate of drug-likeness (QED) is 0.144. The molecule has 0 fully saturated rings. The minimum absolute atomic E-state index is 0.142. The van der Waals surface area contributed by atoms with Gasteiger partial charge in [0.05, 0.1) is 11.3 Å². The van der Waals surface area contributed by atoms with Crippen LogP contribution in [0.1, 0.15) is 49.7 Å². The van der Waals surface area contributed by atoms with E-state index in [1.54, 1.807) is 60.7 Å². The zero-order chi connectivity index (χ0) is 27.5. The molecule has 0 spiro atoms. The number of ether oxygens (including phenoxy) is 1. The van der Waals surface area contributed by atoms with Gasteiger partial charge >= 0.3 is 5.97 Å². The van der Waals surface area contributed by atoms with Crippen molar-refractivity contribution in [3.63, 3.8) is 0 Å². The number of nitrogens with one attached hydrogen (secondary N) is 1. The first-order valence-electron chi connectivity index (χ1n) is 12.3. The van der Waals surface area contributed by atoms with Crippen LogP contribution in [0.25, 0.3) is 11.1 Å². The standard InChI is InChI=1S/C32H23NO6/c1-19(34)21-13-9-10-18-26(21)33-31(37)29(36)27(30-24-16-7-8-17-25(24)32(38)39-30)28(35)23-15-6-5-14-22(23)20-11-3-2-4-12-20/h2-18,27,30H,1H3,(H,33,37)/t27-,30-/m0/s1. The minimum atomic E-state index is -1.66. The van der Waals surface area contributed by atoms with Crippen LogP contribution in [0.15, 0.2) is 103 Å². The molecule has 192 valence electrons. The molecule has 1 aliphatic rings. The fourth-order valence-electron chi connectivity index (χ4n) is 4.77. The molecule has 7 heteroatoms. The highest BCUT2D eigenvalue weighted by atomic mass is 16.5. The smallest absolute Gasteiger partial charge is 0.339 e. The Labute approximate surface area is 224 Å². The Morgan fingerprint density at radius 1 is 0.718 bits per heavy atom. The van der Waals surface area contributed by atoms with Crippen molar-refractivity contribution < 1.29 is 28.7 Å². The van der Waals surface area contributed by atoms with Crippen LogP contribution in [0.3, 0.4) is 0 Å². The number of carbonyl (C=O) groups is 5. The summed E-state index contributed by atoms with van der Waals surface area (Å²) in [6, 6.07) is 28.7. The molecule has 0 aromatic heterocycles. The number of Topliss-reactive ketones (excluding diaryl/α,β-unsaturated/α-hetero) is 3. The number of amides is 1. The second kappa shape index (κ2) is 10.7. The van der Waals surface area contributed by atoms with Crippen molar-refractivity contribution in [2.75, 3.05) is 5.32 Å². The number of rotatable bonds is 8. The first-order valence-corrected chi connectivity index (χ1v) is 12.3. The molecule has 0 radical (unpaired) electrons. The van der Waals surface area contributed by atoms with Gasteiger partial charge in [0.1, 0.15) is 12.0 Å². The van der Waals surface area contributed by atoms with Crippen molar-refractivity contribution in [1.82, 2.24) is 0 Å². The van der Waals surface area contributed by atoms with E-state index in [9.17, 15) is 24.0 Å². The maximum Gasteiger partial charge on any atom is 0.339 e.